The number of morpholine rings is 1. The summed E-state index contributed by atoms with van der Waals surface area (Å²) in [5, 5.41) is 4.08. The van der Waals surface area contributed by atoms with Crippen LogP contribution in [-0.4, -0.2) is 31.6 Å². The lowest BCUT2D eigenvalue weighted by Gasteiger charge is -2.20. The summed E-state index contributed by atoms with van der Waals surface area (Å²) in [4.78, 5) is 11.0. The van der Waals surface area contributed by atoms with E-state index in [9.17, 15) is 4.79 Å². The maximum absolute atomic E-state index is 11.0. The summed E-state index contributed by atoms with van der Waals surface area (Å²) in [5.74, 6) is 0.170. The van der Waals surface area contributed by atoms with Gasteiger partial charge >= 0.3 is 0 Å². The fourth-order valence-electron chi connectivity index (χ4n) is 0.943. The molecule has 1 aliphatic heterocycles. The van der Waals surface area contributed by atoms with Crippen LogP contribution >= 0.6 is 0 Å². The van der Waals surface area contributed by atoms with Gasteiger partial charge in [0.15, 0.2) is 5.78 Å². The summed E-state index contributed by atoms with van der Waals surface area (Å²) in [7, 11) is 0. The standard InChI is InChI=1S/C7H12NO2/c1-2-6(9)7-5-8-3-4-10-7/h7H,2-5H2,1H3. The van der Waals surface area contributed by atoms with Crippen molar-refractivity contribution in [2.45, 2.75) is 19.4 Å². The number of rotatable bonds is 2. The molecule has 57 valence electrons. The van der Waals surface area contributed by atoms with E-state index in [0.717, 1.165) is 6.54 Å². The highest BCUT2D eigenvalue weighted by molar-refractivity contribution is 5.83. The first-order valence-corrected chi connectivity index (χ1v) is 3.62. The Hall–Kier alpha value is -0.410. The molecule has 0 spiro atoms. The van der Waals surface area contributed by atoms with E-state index in [1.807, 2.05) is 6.92 Å². The molecule has 1 fully saturated rings. The zero-order valence-electron chi connectivity index (χ0n) is 6.17. The van der Waals surface area contributed by atoms with Crippen molar-refractivity contribution in [1.29, 1.82) is 0 Å². The van der Waals surface area contributed by atoms with Crippen LogP contribution < -0.4 is 5.32 Å². The number of hydrogen-bond donors (Lipinski definition) is 0. The zero-order chi connectivity index (χ0) is 7.40. The molecule has 0 aliphatic carbocycles. The van der Waals surface area contributed by atoms with Crippen LogP contribution in [0.2, 0.25) is 0 Å². The molecule has 1 radical (unpaired) electrons. The second kappa shape index (κ2) is 3.68. The number of carbonyl (C=O) groups excluding carboxylic acids is 1. The van der Waals surface area contributed by atoms with Crippen LogP contribution in [0.4, 0.5) is 0 Å². The van der Waals surface area contributed by atoms with E-state index in [1.165, 1.54) is 0 Å². The number of Topliss-reactive ketones (excluding diaryl/α,β-unsaturated/α-hetero) is 1. The highest BCUT2D eigenvalue weighted by atomic mass is 16.5. The quantitative estimate of drug-likeness (QED) is 0.543. The summed E-state index contributed by atoms with van der Waals surface area (Å²) < 4.78 is 5.19. The molecule has 0 aromatic carbocycles. The van der Waals surface area contributed by atoms with E-state index in [4.69, 9.17) is 4.74 Å². The van der Waals surface area contributed by atoms with Gasteiger partial charge in [0, 0.05) is 19.5 Å². The van der Waals surface area contributed by atoms with Crippen LogP contribution in [0.3, 0.4) is 0 Å². The molecule has 3 nitrogen and oxygen atoms in total. The lowest BCUT2D eigenvalue weighted by Crippen LogP contribution is -2.39. The fourth-order valence-corrected chi connectivity index (χ4v) is 0.943. The molecule has 3 heteroatoms. The highest BCUT2D eigenvalue weighted by Gasteiger charge is 2.19. The minimum atomic E-state index is -0.237. The molecule has 0 aromatic rings. The van der Waals surface area contributed by atoms with Crippen molar-refractivity contribution in [3.05, 3.63) is 0 Å². The Morgan fingerprint density at radius 1 is 1.80 bits per heavy atom. The summed E-state index contributed by atoms with van der Waals surface area (Å²) in [5.41, 5.74) is 0. The van der Waals surface area contributed by atoms with Crippen molar-refractivity contribution >= 4 is 5.78 Å². The molecule has 10 heavy (non-hydrogen) atoms. The molecule has 0 amide bonds. The first kappa shape index (κ1) is 7.69. The number of nitrogens with zero attached hydrogens (tertiary/aromatic N) is 1. The summed E-state index contributed by atoms with van der Waals surface area (Å²) in [6.07, 6.45) is 0.318. The maximum atomic E-state index is 11.0. The van der Waals surface area contributed by atoms with E-state index in [2.05, 4.69) is 5.32 Å². The number of ether oxygens (including phenoxy) is 1. The SMILES string of the molecule is CCC(=O)C1C[N]CCO1. The Morgan fingerprint density at radius 3 is 3.10 bits per heavy atom. The second-order valence-electron chi connectivity index (χ2n) is 2.31. The van der Waals surface area contributed by atoms with Crippen LogP contribution in [0, 0.1) is 0 Å². The van der Waals surface area contributed by atoms with Gasteiger partial charge in [0.05, 0.1) is 6.61 Å². The van der Waals surface area contributed by atoms with E-state index >= 15 is 0 Å². The van der Waals surface area contributed by atoms with Crippen molar-refractivity contribution in [3.63, 3.8) is 0 Å². The topological polar surface area (TPSA) is 40.4 Å². The smallest absolute Gasteiger partial charge is 0.162 e. The lowest BCUT2D eigenvalue weighted by molar-refractivity contribution is -0.131. The van der Waals surface area contributed by atoms with E-state index in [1.54, 1.807) is 0 Å². The van der Waals surface area contributed by atoms with Gasteiger partial charge in [0.25, 0.3) is 0 Å². The summed E-state index contributed by atoms with van der Waals surface area (Å²) in [6.45, 7) is 3.76. The van der Waals surface area contributed by atoms with Gasteiger partial charge in [0.1, 0.15) is 6.10 Å². The molecular formula is C7H12NO2. The minimum Gasteiger partial charge on any atom is -0.368 e. The van der Waals surface area contributed by atoms with Crippen molar-refractivity contribution in [3.8, 4) is 0 Å². The van der Waals surface area contributed by atoms with Gasteiger partial charge < -0.3 is 4.74 Å². The molecule has 0 N–H and O–H groups in total. The lowest BCUT2D eigenvalue weighted by atomic mass is 10.1. The number of hydrogen-bond acceptors (Lipinski definition) is 2. The van der Waals surface area contributed by atoms with Crippen LogP contribution in [0.15, 0.2) is 0 Å². The van der Waals surface area contributed by atoms with Crippen molar-refractivity contribution in [2.24, 2.45) is 0 Å². The third-order valence-corrected chi connectivity index (χ3v) is 1.57. The molecule has 1 heterocycles. The molecule has 1 atom stereocenters. The average molecular weight is 142 g/mol. The largest absolute Gasteiger partial charge is 0.368 e. The Morgan fingerprint density at radius 2 is 2.60 bits per heavy atom. The van der Waals surface area contributed by atoms with Crippen molar-refractivity contribution in [2.75, 3.05) is 19.7 Å². The van der Waals surface area contributed by atoms with Crippen LogP contribution in [-0.2, 0) is 9.53 Å². The molecule has 1 saturated heterocycles. The van der Waals surface area contributed by atoms with Gasteiger partial charge in [0.2, 0.25) is 0 Å². The van der Waals surface area contributed by atoms with Crippen LogP contribution in [0.5, 0.6) is 0 Å². The molecule has 0 bridgehead atoms. The van der Waals surface area contributed by atoms with Crippen molar-refractivity contribution < 1.29 is 9.53 Å². The summed E-state index contributed by atoms with van der Waals surface area (Å²) in [6, 6.07) is 0. The molecule has 0 aromatic heterocycles. The minimum absolute atomic E-state index is 0.170. The molecule has 0 saturated carbocycles. The van der Waals surface area contributed by atoms with Gasteiger partial charge in [-0.2, -0.15) is 0 Å². The van der Waals surface area contributed by atoms with E-state index in [0.29, 0.717) is 19.6 Å². The van der Waals surface area contributed by atoms with Gasteiger partial charge in [-0.1, -0.05) is 6.92 Å². The molecule has 1 rings (SSSR count). The van der Waals surface area contributed by atoms with Crippen molar-refractivity contribution in [1.82, 2.24) is 5.32 Å². The fraction of sp³-hybridized carbons (Fsp3) is 0.857. The summed E-state index contributed by atoms with van der Waals surface area (Å²) >= 11 is 0. The predicted octanol–water partition coefficient (Wildman–Crippen LogP) is -0.0313. The number of ketones is 1. The first-order chi connectivity index (χ1) is 4.84. The second-order valence-corrected chi connectivity index (χ2v) is 2.31. The zero-order valence-corrected chi connectivity index (χ0v) is 6.17. The Balaban J connectivity index is 2.31. The van der Waals surface area contributed by atoms with Gasteiger partial charge in [-0.3, -0.25) is 4.79 Å². The number of carbonyl (C=O) groups is 1. The van der Waals surface area contributed by atoms with Crippen LogP contribution in [0.1, 0.15) is 13.3 Å². The first-order valence-electron chi connectivity index (χ1n) is 3.62. The third-order valence-electron chi connectivity index (χ3n) is 1.57. The normalized spacial score (nSPS) is 26.3. The van der Waals surface area contributed by atoms with Gasteiger partial charge in [-0.25, -0.2) is 5.32 Å². The predicted molar refractivity (Wildman–Crippen MR) is 36.9 cm³/mol. The molecule has 1 aliphatic rings. The maximum Gasteiger partial charge on any atom is 0.162 e. The Bertz CT molecular complexity index is 119. The third kappa shape index (κ3) is 1.78. The molecular weight excluding hydrogens is 130 g/mol. The van der Waals surface area contributed by atoms with E-state index < -0.39 is 0 Å². The van der Waals surface area contributed by atoms with E-state index in [-0.39, 0.29) is 11.9 Å². The highest BCUT2D eigenvalue weighted by Crippen LogP contribution is 2.00. The van der Waals surface area contributed by atoms with Gasteiger partial charge in [-0.05, 0) is 0 Å². The van der Waals surface area contributed by atoms with Crippen LogP contribution in [0.25, 0.3) is 0 Å². The Kier molecular flexibility index (Phi) is 2.83. The average Bonchev–Trinajstić information content (AvgIpc) is 2.05. The molecule has 1 unspecified atom stereocenters. The van der Waals surface area contributed by atoms with Gasteiger partial charge in [-0.15, -0.1) is 0 Å². The monoisotopic (exact) mass is 142 g/mol. The Labute approximate surface area is 60.7 Å².